The minimum absolute atomic E-state index is 0.000125. The normalized spacial score (nSPS) is 22.0. The van der Waals surface area contributed by atoms with Crippen LogP contribution in [-0.2, 0) is 6.54 Å². The van der Waals surface area contributed by atoms with E-state index in [0.717, 1.165) is 30.6 Å². The van der Waals surface area contributed by atoms with Crippen molar-refractivity contribution in [1.82, 2.24) is 19.7 Å². The Morgan fingerprint density at radius 1 is 1.28 bits per heavy atom. The summed E-state index contributed by atoms with van der Waals surface area (Å²) >= 11 is 6.01. The molecule has 2 aliphatic heterocycles. The van der Waals surface area contributed by atoms with Crippen LogP contribution in [0, 0.1) is 23.2 Å². The lowest BCUT2D eigenvalue weighted by atomic mass is 10.1. The van der Waals surface area contributed by atoms with Crippen LogP contribution in [0.4, 0.5) is 11.5 Å². The molecule has 1 aliphatic carbocycles. The fourth-order valence-electron chi connectivity index (χ4n) is 4.18. The molecule has 0 amide bonds. The Balaban J connectivity index is 0.000000136. The van der Waals surface area contributed by atoms with E-state index in [2.05, 4.69) is 31.1 Å². The quantitative estimate of drug-likeness (QED) is 0.603. The highest BCUT2D eigenvalue weighted by molar-refractivity contribution is 6.32. The van der Waals surface area contributed by atoms with Gasteiger partial charge in [-0.3, -0.25) is 9.36 Å². The maximum atomic E-state index is 12.2. The van der Waals surface area contributed by atoms with Gasteiger partial charge in [0.1, 0.15) is 18.9 Å². The Hall–Kier alpha value is -3.51. The average Bonchev–Trinajstić information content (AvgIpc) is 3.18. The van der Waals surface area contributed by atoms with Crippen LogP contribution >= 0.6 is 11.6 Å². The zero-order valence-electron chi connectivity index (χ0n) is 17.3. The fourth-order valence-corrected chi connectivity index (χ4v) is 4.40. The molecule has 3 unspecified atom stereocenters. The standard InChI is InChI=1S/C12H11ClN2.C10H9N5O2/c13-12-4-11(2-1-8(12)5-14)15-6-9-3-10(9)7-15;1-6-2-11-9-8(6)10(16)15(5-13-9)3-7-12-4-14-17-7/h1-2,4,9-10H,3,6-7H2;2,4-6H,3H2,1H3. The maximum Gasteiger partial charge on any atom is 0.259 e. The molecule has 2 aromatic heterocycles. The van der Waals surface area contributed by atoms with Crippen LogP contribution < -0.4 is 10.5 Å². The van der Waals surface area contributed by atoms with E-state index in [1.54, 1.807) is 6.21 Å². The number of aromatic nitrogens is 4. The largest absolute Gasteiger partial charge is 0.371 e. The van der Waals surface area contributed by atoms with Crippen molar-refractivity contribution >= 4 is 29.3 Å². The van der Waals surface area contributed by atoms with Gasteiger partial charge in [0.25, 0.3) is 5.56 Å². The third kappa shape index (κ3) is 3.89. The molecule has 6 rings (SSSR count). The predicted molar refractivity (Wildman–Crippen MR) is 118 cm³/mol. The lowest BCUT2D eigenvalue weighted by molar-refractivity contribution is 0.368. The van der Waals surface area contributed by atoms with Crippen molar-refractivity contribution in [3.05, 3.63) is 63.2 Å². The van der Waals surface area contributed by atoms with Gasteiger partial charge in [-0.2, -0.15) is 10.2 Å². The minimum atomic E-state index is -0.113. The molecule has 1 saturated carbocycles. The number of piperidine rings is 1. The van der Waals surface area contributed by atoms with Gasteiger partial charge in [0.15, 0.2) is 12.1 Å². The van der Waals surface area contributed by atoms with Gasteiger partial charge in [0, 0.05) is 30.9 Å². The van der Waals surface area contributed by atoms with E-state index in [4.69, 9.17) is 21.4 Å². The van der Waals surface area contributed by atoms with Gasteiger partial charge in [-0.15, -0.1) is 0 Å². The maximum absolute atomic E-state index is 12.2. The van der Waals surface area contributed by atoms with Gasteiger partial charge < -0.3 is 9.42 Å². The molecule has 4 heterocycles. The Bertz CT molecular complexity index is 1270. The summed E-state index contributed by atoms with van der Waals surface area (Å²) in [5.74, 6) is 2.71. The van der Waals surface area contributed by atoms with Gasteiger partial charge in [-0.1, -0.05) is 23.7 Å². The van der Waals surface area contributed by atoms with Gasteiger partial charge in [-0.25, -0.2) is 9.98 Å². The number of halogens is 1. The Kier molecular flexibility index (Phi) is 5.23. The summed E-state index contributed by atoms with van der Waals surface area (Å²) in [6.45, 7) is 4.46. The van der Waals surface area contributed by atoms with E-state index in [1.165, 1.54) is 23.6 Å². The first-order chi connectivity index (χ1) is 15.5. The van der Waals surface area contributed by atoms with Crippen molar-refractivity contribution in [2.75, 3.05) is 18.0 Å². The van der Waals surface area contributed by atoms with Crippen LogP contribution in [0.15, 0.2) is 45.2 Å². The van der Waals surface area contributed by atoms with Crippen LogP contribution in [0.2, 0.25) is 5.02 Å². The molecule has 0 N–H and O–H groups in total. The second kappa shape index (κ2) is 8.20. The highest BCUT2D eigenvalue weighted by Gasteiger charge is 2.45. The third-order valence-electron chi connectivity index (χ3n) is 6.06. The highest BCUT2D eigenvalue weighted by atomic mass is 35.5. The molecule has 0 spiro atoms. The van der Waals surface area contributed by atoms with Gasteiger partial charge >= 0.3 is 0 Å². The van der Waals surface area contributed by atoms with Crippen LogP contribution in [-0.4, -0.2) is 39.0 Å². The van der Waals surface area contributed by atoms with Crippen molar-refractivity contribution in [1.29, 1.82) is 5.26 Å². The number of aliphatic imine (C=N–C) groups is 1. The molecule has 9 nitrogen and oxygen atoms in total. The van der Waals surface area contributed by atoms with E-state index in [9.17, 15) is 4.79 Å². The van der Waals surface area contributed by atoms with Crippen molar-refractivity contribution in [3.8, 4) is 6.07 Å². The minimum Gasteiger partial charge on any atom is -0.371 e. The number of nitriles is 1. The van der Waals surface area contributed by atoms with Crippen LogP contribution in [0.1, 0.15) is 36.3 Å². The van der Waals surface area contributed by atoms with E-state index in [0.29, 0.717) is 27.9 Å². The number of hydrogen-bond acceptors (Lipinski definition) is 8. The molecular formula is C22H20ClN7O2. The number of benzene rings is 1. The molecule has 1 aromatic carbocycles. The predicted octanol–water partition coefficient (Wildman–Crippen LogP) is 3.16. The van der Waals surface area contributed by atoms with Gasteiger partial charge in [-0.05, 0) is 36.5 Å². The molecule has 0 bridgehead atoms. The molecule has 3 aliphatic rings. The van der Waals surface area contributed by atoms with Crippen LogP contribution in [0.5, 0.6) is 0 Å². The average molecular weight is 450 g/mol. The molecule has 1 saturated heterocycles. The second-order valence-electron chi connectivity index (χ2n) is 8.25. The zero-order chi connectivity index (χ0) is 22.2. The van der Waals surface area contributed by atoms with Crippen molar-refractivity contribution in [2.24, 2.45) is 16.8 Å². The van der Waals surface area contributed by atoms with Crippen molar-refractivity contribution in [2.45, 2.75) is 25.8 Å². The summed E-state index contributed by atoms with van der Waals surface area (Å²) in [6.07, 6.45) is 5.87. The lowest BCUT2D eigenvalue weighted by Gasteiger charge is -2.20. The summed E-state index contributed by atoms with van der Waals surface area (Å²) in [6, 6.07) is 7.79. The second-order valence-corrected chi connectivity index (χ2v) is 8.66. The van der Waals surface area contributed by atoms with E-state index < -0.39 is 0 Å². The number of anilines is 1. The van der Waals surface area contributed by atoms with Gasteiger partial charge in [0.2, 0.25) is 5.89 Å². The SMILES string of the molecule is CC1C=Nc2ncn(Cc3ncno3)c(=O)c21.N#Cc1ccc(N2CC3CC3C2)cc1Cl. The molecule has 0 radical (unpaired) electrons. The zero-order valence-corrected chi connectivity index (χ0v) is 18.1. The number of fused-ring (bicyclic) bond motifs is 2. The van der Waals surface area contributed by atoms with Gasteiger partial charge in [0.05, 0.1) is 16.1 Å². The smallest absolute Gasteiger partial charge is 0.259 e. The summed E-state index contributed by atoms with van der Waals surface area (Å²) in [4.78, 5) is 26.6. The number of hydrogen-bond donors (Lipinski definition) is 0. The summed E-state index contributed by atoms with van der Waals surface area (Å²) in [5.41, 5.74) is 2.22. The topological polar surface area (TPSA) is 113 Å². The molecule has 3 aromatic rings. The Morgan fingerprint density at radius 2 is 2.09 bits per heavy atom. The molecule has 3 atom stereocenters. The first-order valence-corrected chi connectivity index (χ1v) is 10.7. The third-order valence-corrected chi connectivity index (χ3v) is 6.37. The van der Waals surface area contributed by atoms with Crippen molar-refractivity contribution in [3.63, 3.8) is 0 Å². The molecule has 162 valence electrons. The summed E-state index contributed by atoms with van der Waals surface area (Å²) < 4.78 is 6.30. The highest BCUT2D eigenvalue weighted by Crippen LogP contribution is 2.46. The van der Waals surface area contributed by atoms with E-state index >= 15 is 0 Å². The lowest BCUT2D eigenvalue weighted by Crippen LogP contribution is -2.25. The van der Waals surface area contributed by atoms with Crippen LogP contribution in [0.25, 0.3) is 0 Å². The van der Waals surface area contributed by atoms with Crippen LogP contribution in [0.3, 0.4) is 0 Å². The molecule has 10 heteroatoms. The molecule has 2 fully saturated rings. The summed E-state index contributed by atoms with van der Waals surface area (Å²) in [5, 5.41) is 12.8. The molecular weight excluding hydrogens is 430 g/mol. The number of nitrogens with zero attached hydrogens (tertiary/aromatic N) is 7. The summed E-state index contributed by atoms with van der Waals surface area (Å²) in [7, 11) is 0. The number of rotatable bonds is 3. The first kappa shape index (κ1) is 20.4. The fraction of sp³-hybridized carbons (Fsp3) is 0.364. The Labute approximate surface area is 189 Å². The van der Waals surface area contributed by atoms with Crippen molar-refractivity contribution < 1.29 is 4.52 Å². The first-order valence-electron chi connectivity index (χ1n) is 10.4. The van der Waals surface area contributed by atoms with E-state index in [-0.39, 0.29) is 18.0 Å². The monoisotopic (exact) mass is 449 g/mol. The molecule has 32 heavy (non-hydrogen) atoms. The van der Waals surface area contributed by atoms with E-state index in [1.807, 2.05) is 25.1 Å². The Morgan fingerprint density at radius 3 is 2.78 bits per heavy atom.